The van der Waals surface area contributed by atoms with Gasteiger partial charge in [0.15, 0.2) is 0 Å². The summed E-state index contributed by atoms with van der Waals surface area (Å²) in [5.74, 6) is -0.670. The van der Waals surface area contributed by atoms with E-state index in [1.54, 1.807) is 6.07 Å². The zero-order valence-electron chi connectivity index (χ0n) is 11.7. The van der Waals surface area contributed by atoms with Gasteiger partial charge in [-0.2, -0.15) is 0 Å². The third-order valence-corrected chi connectivity index (χ3v) is 3.78. The fourth-order valence-corrected chi connectivity index (χ4v) is 2.68. The third-order valence-electron chi connectivity index (χ3n) is 3.78. The quantitative estimate of drug-likeness (QED) is 0.639. The van der Waals surface area contributed by atoms with Gasteiger partial charge >= 0.3 is 5.97 Å². The van der Waals surface area contributed by atoms with Gasteiger partial charge in [-0.1, -0.05) is 6.42 Å². The second kappa shape index (κ2) is 6.43. The van der Waals surface area contributed by atoms with Crippen LogP contribution in [-0.4, -0.2) is 29.2 Å². The van der Waals surface area contributed by atoms with E-state index in [0.717, 1.165) is 12.8 Å². The molecule has 0 radical (unpaired) electrons. The van der Waals surface area contributed by atoms with Crippen molar-refractivity contribution >= 4 is 17.3 Å². The average Bonchev–Trinajstić information content (AvgIpc) is 2.47. The van der Waals surface area contributed by atoms with E-state index in [4.69, 9.17) is 9.84 Å². The van der Waals surface area contributed by atoms with Crippen LogP contribution >= 0.6 is 0 Å². The summed E-state index contributed by atoms with van der Waals surface area (Å²) in [7, 11) is 1.49. The molecule has 1 aliphatic rings. The van der Waals surface area contributed by atoms with Crippen LogP contribution in [0, 0.1) is 16.0 Å². The Bertz CT molecular complexity index is 546. The highest BCUT2D eigenvalue weighted by Gasteiger charge is 2.28. The molecule has 1 saturated carbocycles. The number of methoxy groups -OCH3 is 1. The maximum atomic E-state index is 11.1. The molecule has 0 saturated heterocycles. The number of hydrogen-bond donors (Lipinski definition) is 2. The Balaban J connectivity index is 2.17. The number of anilines is 1. The Morgan fingerprint density at radius 1 is 1.48 bits per heavy atom. The molecule has 0 amide bonds. The van der Waals surface area contributed by atoms with Crippen molar-refractivity contribution in [3.8, 4) is 5.75 Å². The lowest BCUT2D eigenvalue weighted by Gasteiger charge is -2.28. The van der Waals surface area contributed by atoms with Gasteiger partial charge in [-0.3, -0.25) is 14.9 Å². The molecular formula is C14H18N2O5. The fourth-order valence-electron chi connectivity index (χ4n) is 2.68. The molecule has 1 aromatic carbocycles. The van der Waals surface area contributed by atoms with Crippen molar-refractivity contribution in [3.63, 3.8) is 0 Å². The van der Waals surface area contributed by atoms with Crippen LogP contribution < -0.4 is 10.1 Å². The maximum absolute atomic E-state index is 11.1. The molecule has 0 aromatic heterocycles. The van der Waals surface area contributed by atoms with Crippen molar-refractivity contribution in [1.82, 2.24) is 0 Å². The Hall–Kier alpha value is -2.31. The Kier molecular flexibility index (Phi) is 4.62. The number of aliphatic carboxylic acids is 1. The normalized spacial score (nSPS) is 21.6. The van der Waals surface area contributed by atoms with Crippen LogP contribution in [0.5, 0.6) is 5.75 Å². The summed E-state index contributed by atoms with van der Waals surface area (Å²) in [5.41, 5.74) is 0.337. The van der Waals surface area contributed by atoms with Gasteiger partial charge in [0.1, 0.15) is 11.4 Å². The van der Waals surface area contributed by atoms with E-state index in [9.17, 15) is 14.9 Å². The van der Waals surface area contributed by atoms with Crippen LogP contribution in [0.3, 0.4) is 0 Å². The number of ether oxygens (including phenoxy) is 1. The molecule has 114 valence electrons. The lowest BCUT2D eigenvalue weighted by molar-refractivity contribution is -0.384. The lowest BCUT2D eigenvalue weighted by atomic mass is 9.85. The number of rotatable bonds is 5. The lowest BCUT2D eigenvalue weighted by Crippen LogP contribution is -2.31. The highest BCUT2D eigenvalue weighted by molar-refractivity contribution is 5.70. The molecule has 1 aromatic rings. The predicted octanol–water partition coefficient (Wildman–Crippen LogP) is 2.66. The minimum Gasteiger partial charge on any atom is -0.497 e. The summed E-state index contributed by atoms with van der Waals surface area (Å²) in [6, 6.07) is 4.41. The summed E-state index contributed by atoms with van der Waals surface area (Å²) < 4.78 is 5.08. The van der Waals surface area contributed by atoms with E-state index in [0.29, 0.717) is 24.3 Å². The number of nitro groups is 1. The molecule has 2 N–H and O–H groups in total. The highest BCUT2D eigenvalue weighted by atomic mass is 16.6. The minimum atomic E-state index is -0.804. The molecule has 0 spiro atoms. The smallest absolute Gasteiger partial charge is 0.306 e. The number of nitrogens with one attached hydrogen (secondary N) is 1. The van der Waals surface area contributed by atoms with Gasteiger partial charge in [-0.15, -0.1) is 0 Å². The zero-order valence-corrected chi connectivity index (χ0v) is 11.7. The van der Waals surface area contributed by atoms with E-state index in [-0.39, 0.29) is 17.6 Å². The van der Waals surface area contributed by atoms with Gasteiger partial charge in [0.25, 0.3) is 5.69 Å². The first-order chi connectivity index (χ1) is 10.0. The Morgan fingerprint density at radius 2 is 2.24 bits per heavy atom. The molecule has 2 rings (SSSR count). The average molecular weight is 294 g/mol. The molecule has 7 nitrogen and oxygen atoms in total. The second-order valence-electron chi connectivity index (χ2n) is 5.18. The van der Waals surface area contributed by atoms with Gasteiger partial charge in [0.05, 0.1) is 18.0 Å². The monoisotopic (exact) mass is 294 g/mol. The first-order valence-electron chi connectivity index (χ1n) is 6.83. The highest BCUT2D eigenvalue weighted by Crippen LogP contribution is 2.33. The summed E-state index contributed by atoms with van der Waals surface area (Å²) in [5, 5.41) is 23.3. The number of nitrogens with zero attached hydrogens (tertiary/aromatic N) is 1. The molecule has 0 heterocycles. The molecule has 0 aliphatic heterocycles. The summed E-state index contributed by atoms with van der Waals surface area (Å²) in [6.07, 6.45) is 2.74. The maximum Gasteiger partial charge on any atom is 0.306 e. The molecular weight excluding hydrogens is 276 g/mol. The van der Waals surface area contributed by atoms with Gasteiger partial charge in [-0.25, -0.2) is 0 Å². The van der Waals surface area contributed by atoms with Crippen LogP contribution in [0.2, 0.25) is 0 Å². The van der Waals surface area contributed by atoms with E-state index in [1.807, 2.05) is 0 Å². The molecule has 2 unspecified atom stereocenters. The summed E-state index contributed by atoms with van der Waals surface area (Å²) >= 11 is 0. The first-order valence-corrected chi connectivity index (χ1v) is 6.83. The largest absolute Gasteiger partial charge is 0.497 e. The third kappa shape index (κ3) is 3.62. The van der Waals surface area contributed by atoms with Crippen molar-refractivity contribution in [2.24, 2.45) is 5.92 Å². The van der Waals surface area contributed by atoms with Gasteiger partial charge in [-0.05, 0) is 25.3 Å². The summed E-state index contributed by atoms with van der Waals surface area (Å²) in [6.45, 7) is 0. The topological polar surface area (TPSA) is 102 Å². The Labute approximate surface area is 122 Å². The van der Waals surface area contributed by atoms with Gasteiger partial charge in [0, 0.05) is 18.2 Å². The summed E-state index contributed by atoms with van der Waals surface area (Å²) in [4.78, 5) is 21.7. The van der Waals surface area contributed by atoms with Crippen LogP contribution in [0.4, 0.5) is 11.4 Å². The molecule has 0 bridgehead atoms. The van der Waals surface area contributed by atoms with E-state index >= 15 is 0 Å². The zero-order chi connectivity index (χ0) is 15.4. The first kappa shape index (κ1) is 15.1. The fraction of sp³-hybridized carbons (Fsp3) is 0.500. The number of carbonyl (C=O) groups is 1. The number of nitro benzene ring substituents is 1. The second-order valence-corrected chi connectivity index (χ2v) is 5.18. The number of carboxylic acid groups (broad SMARTS) is 1. The van der Waals surface area contributed by atoms with Crippen molar-refractivity contribution in [2.75, 3.05) is 12.4 Å². The van der Waals surface area contributed by atoms with Crippen molar-refractivity contribution in [3.05, 3.63) is 28.3 Å². The van der Waals surface area contributed by atoms with Crippen molar-refractivity contribution in [1.29, 1.82) is 0 Å². The molecule has 21 heavy (non-hydrogen) atoms. The minimum absolute atomic E-state index is 0.0340. The Morgan fingerprint density at radius 3 is 2.86 bits per heavy atom. The standard InChI is InChI=1S/C14H18N2O5/c1-21-11-5-6-13(16(19)20)12(8-11)15-10-4-2-3-9(7-10)14(17)18/h5-6,8-10,15H,2-4,7H2,1H3,(H,17,18). The number of benzene rings is 1. The predicted molar refractivity (Wildman–Crippen MR) is 76.7 cm³/mol. The molecule has 1 fully saturated rings. The molecule has 1 aliphatic carbocycles. The number of hydrogen-bond acceptors (Lipinski definition) is 5. The van der Waals surface area contributed by atoms with Crippen LogP contribution in [-0.2, 0) is 4.79 Å². The van der Waals surface area contributed by atoms with Crippen molar-refractivity contribution in [2.45, 2.75) is 31.7 Å². The van der Waals surface area contributed by atoms with Crippen LogP contribution in [0.25, 0.3) is 0 Å². The van der Waals surface area contributed by atoms with Gasteiger partial charge < -0.3 is 15.2 Å². The SMILES string of the molecule is COc1ccc([N+](=O)[O-])c(NC2CCCC(C(=O)O)C2)c1. The van der Waals surface area contributed by atoms with E-state index in [2.05, 4.69) is 5.32 Å². The van der Waals surface area contributed by atoms with Crippen molar-refractivity contribution < 1.29 is 19.6 Å². The van der Waals surface area contributed by atoms with E-state index < -0.39 is 10.9 Å². The van der Waals surface area contributed by atoms with Gasteiger partial charge in [0.2, 0.25) is 0 Å². The van der Waals surface area contributed by atoms with Crippen LogP contribution in [0.15, 0.2) is 18.2 Å². The molecule has 7 heteroatoms. The van der Waals surface area contributed by atoms with Crippen LogP contribution in [0.1, 0.15) is 25.7 Å². The number of carboxylic acids is 1. The van der Waals surface area contributed by atoms with E-state index in [1.165, 1.54) is 19.2 Å². The molecule has 2 atom stereocenters.